The van der Waals surface area contributed by atoms with Gasteiger partial charge in [-0.3, -0.25) is 9.48 Å². The number of nitrogens with zero attached hydrogens (tertiary/aromatic N) is 4. The summed E-state index contributed by atoms with van der Waals surface area (Å²) in [4.78, 5) is 12.8. The molecule has 3 atom stereocenters. The van der Waals surface area contributed by atoms with Gasteiger partial charge in [0.1, 0.15) is 12.5 Å². The molecule has 6 nitrogen and oxygen atoms in total. The third-order valence-corrected chi connectivity index (χ3v) is 5.41. The third-order valence-electron chi connectivity index (χ3n) is 5.41. The van der Waals surface area contributed by atoms with Crippen molar-refractivity contribution in [2.24, 2.45) is 11.8 Å². The third kappa shape index (κ3) is 2.21. The van der Waals surface area contributed by atoms with Crippen LogP contribution in [0.2, 0.25) is 0 Å². The van der Waals surface area contributed by atoms with E-state index in [2.05, 4.69) is 10.2 Å². The molecule has 2 aliphatic rings. The van der Waals surface area contributed by atoms with Gasteiger partial charge in [-0.1, -0.05) is 18.2 Å². The number of alkyl halides is 1. The summed E-state index contributed by atoms with van der Waals surface area (Å²) >= 11 is 0. The molecule has 1 aliphatic heterocycles. The normalized spacial score (nSPS) is 24.2. The van der Waals surface area contributed by atoms with Crippen LogP contribution in [0.25, 0.3) is 10.9 Å². The molecule has 8 heteroatoms. The Morgan fingerprint density at radius 1 is 1.23 bits per heavy atom. The van der Waals surface area contributed by atoms with Gasteiger partial charge < -0.3 is 4.74 Å². The summed E-state index contributed by atoms with van der Waals surface area (Å²) in [6.45, 7) is 0.527. The molecule has 1 aliphatic carbocycles. The van der Waals surface area contributed by atoms with E-state index in [1.165, 1.54) is 21.6 Å². The van der Waals surface area contributed by atoms with Gasteiger partial charge in [0, 0.05) is 17.4 Å². The second-order valence-corrected chi connectivity index (χ2v) is 6.84. The molecule has 1 aromatic carbocycles. The number of rotatable bonds is 4. The van der Waals surface area contributed by atoms with Gasteiger partial charge in [0.15, 0.2) is 5.52 Å². The zero-order valence-corrected chi connectivity index (χ0v) is 13.8. The maximum atomic E-state index is 13.9. The first-order chi connectivity index (χ1) is 12.7. The molecule has 0 N–H and O–H groups in total. The Bertz CT molecular complexity index is 1050. The van der Waals surface area contributed by atoms with Crippen LogP contribution < -0.4 is 5.56 Å². The van der Waals surface area contributed by atoms with E-state index in [1.54, 1.807) is 18.2 Å². The van der Waals surface area contributed by atoms with E-state index >= 15 is 0 Å². The van der Waals surface area contributed by atoms with E-state index in [-0.39, 0.29) is 29.4 Å². The molecule has 2 aromatic heterocycles. The van der Waals surface area contributed by atoms with Crippen LogP contribution >= 0.6 is 0 Å². The summed E-state index contributed by atoms with van der Waals surface area (Å²) in [6.07, 6.45) is 1.49. The summed E-state index contributed by atoms with van der Waals surface area (Å²) in [7, 11) is 0. The highest BCUT2D eigenvalue weighted by Gasteiger charge is 2.56. The Hall–Kier alpha value is -2.61. The molecule has 0 bridgehead atoms. The minimum atomic E-state index is -0.807. The molecule has 3 heterocycles. The van der Waals surface area contributed by atoms with E-state index in [0.29, 0.717) is 36.0 Å². The van der Waals surface area contributed by atoms with Crippen LogP contribution in [0.3, 0.4) is 0 Å². The molecule has 0 spiro atoms. The predicted molar refractivity (Wildman–Crippen MR) is 88.9 cm³/mol. The number of benzene rings is 1. The average Bonchev–Trinajstić information content (AvgIpc) is 2.98. The standard InChI is InChI=1S/C18H16F2N4O2/c19-5-15-11-6-21-24(17-12-8-26-9-13(12)17)18(25)16(11)22-23(15)7-10-3-1-2-4-14(10)20/h1-4,6,12-13,17H,5,7-9H2/t12-,13+,17-. The van der Waals surface area contributed by atoms with Crippen LogP contribution in [-0.2, 0) is 18.0 Å². The number of hydrogen-bond acceptors (Lipinski definition) is 4. The van der Waals surface area contributed by atoms with Crippen molar-refractivity contribution in [1.29, 1.82) is 0 Å². The summed E-state index contributed by atoms with van der Waals surface area (Å²) in [6, 6.07) is 6.29. The van der Waals surface area contributed by atoms with E-state index < -0.39 is 12.5 Å². The van der Waals surface area contributed by atoms with Crippen molar-refractivity contribution in [3.63, 3.8) is 0 Å². The highest BCUT2D eigenvalue weighted by molar-refractivity contribution is 5.79. The maximum Gasteiger partial charge on any atom is 0.295 e. The minimum Gasteiger partial charge on any atom is -0.381 e. The van der Waals surface area contributed by atoms with E-state index in [1.807, 2.05) is 0 Å². The van der Waals surface area contributed by atoms with Crippen molar-refractivity contribution < 1.29 is 13.5 Å². The lowest BCUT2D eigenvalue weighted by Crippen LogP contribution is -2.24. The Kier molecular flexibility index (Phi) is 3.43. The van der Waals surface area contributed by atoms with E-state index in [9.17, 15) is 13.6 Å². The smallest absolute Gasteiger partial charge is 0.295 e. The lowest BCUT2D eigenvalue weighted by Gasteiger charge is -2.06. The molecular formula is C18H16F2N4O2. The lowest BCUT2D eigenvalue weighted by atomic mass is 10.2. The zero-order valence-electron chi connectivity index (χ0n) is 13.8. The summed E-state index contributed by atoms with van der Waals surface area (Å²) < 4.78 is 35.7. The Balaban J connectivity index is 1.58. The first-order valence-corrected chi connectivity index (χ1v) is 8.53. The molecule has 0 amide bonds. The minimum absolute atomic E-state index is 0.0335. The Labute approximate surface area is 147 Å². The zero-order chi connectivity index (χ0) is 17.8. The van der Waals surface area contributed by atoms with Crippen molar-refractivity contribution in [3.8, 4) is 0 Å². The highest BCUT2D eigenvalue weighted by Crippen LogP contribution is 2.53. The van der Waals surface area contributed by atoms with Gasteiger partial charge in [0.2, 0.25) is 0 Å². The van der Waals surface area contributed by atoms with Gasteiger partial charge in [0.05, 0.1) is 43.1 Å². The van der Waals surface area contributed by atoms with Crippen LogP contribution in [0.1, 0.15) is 17.3 Å². The average molecular weight is 358 g/mol. The Morgan fingerprint density at radius 2 is 2.00 bits per heavy atom. The van der Waals surface area contributed by atoms with Gasteiger partial charge in [-0.05, 0) is 6.07 Å². The molecule has 1 saturated heterocycles. The lowest BCUT2D eigenvalue weighted by molar-refractivity contribution is 0.149. The fraction of sp³-hybridized carbons (Fsp3) is 0.389. The molecule has 0 unspecified atom stereocenters. The monoisotopic (exact) mass is 358 g/mol. The van der Waals surface area contributed by atoms with Crippen LogP contribution in [0.5, 0.6) is 0 Å². The van der Waals surface area contributed by atoms with Crippen molar-refractivity contribution in [2.75, 3.05) is 13.2 Å². The van der Waals surface area contributed by atoms with Gasteiger partial charge >= 0.3 is 0 Å². The van der Waals surface area contributed by atoms with Crippen LogP contribution in [0, 0.1) is 17.7 Å². The molecule has 26 heavy (non-hydrogen) atoms. The molecule has 134 valence electrons. The van der Waals surface area contributed by atoms with E-state index in [0.717, 1.165) is 0 Å². The van der Waals surface area contributed by atoms with E-state index in [4.69, 9.17) is 4.74 Å². The van der Waals surface area contributed by atoms with Gasteiger partial charge in [-0.25, -0.2) is 13.5 Å². The number of halogens is 2. The summed E-state index contributed by atoms with van der Waals surface area (Å²) in [5, 5.41) is 8.92. The number of ether oxygens (including phenoxy) is 1. The first-order valence-electron chi connectivity index (χ1n) is 8.53. The molecule has 5 rings (SSSR count). The molecule has 3 aromatic rings. The molecule has 1 saturated carbocycles. The SMILES string of the molecule is O=c1c2nn(Cc3ccccc3F)c(CF)c2cnn1[C@@H]1[C@@H]2COC[C@@H]21. The Morgan fingerprint density at radius 3 is 2.73 bits per heavy atom. The second-order valence-electron chi connectivity index (χ2n) is 6.84. The van der Waals surface area contributed by atoms with Gasteiger partial charge in [-0.2, -0.15) is 10.2 Å². The van der Waals surface area contributed by atoms with Crippen molar-refractivity contribution in [3.05, 3.63) is 57.9 Å². The largest absolute Gasteiger partial charge is 0.381 e. The first kappa shape index (κ1) is 15.6. The highest BCUT2D eigenvalue weighted by atomic mass is 19.1. The number of fused-ring (bicyclic) bond motifs is 2. The summed E-state index contributed by atoms with van der Waals surface area (Å²) in [5.41, 5.74) is 0.468. The van der Waals surface area contributed by atoms with Crippen molar-refractivity contribution >= 4 is 10.9 Å². The number of aromatic nitrogens is 4. The van der Waals surface area contributed by atoms with Crippen molar-refractivity contribution in [1.82, 2.24) is 19.6 Å². The second kappa shape index (κ2) is 5.70. The number of hydrogen-bond donors (Lipinski definition) is 0. The maximum absolute atomic E-state index is 13.9. The predicted octanol–water partition coefficient (Wildman–Crippen LogP) is 2.07. The van der Waals surface area contributed by atoms with Gasteiger partial charge in [-0.15, -0.1) is 0 Å². The van der Waals surface area contributed by atoms with Gasteiger partial charge in [0.25, 0.3) is 5.56 Å². The molecular weight excluding hydrogens is 342 g/mol. The topological polar surface area (TPSA) is 61.9 Å². The molecule has 2 fully saturated rings. The fourth-order valence-electron chi connectivity index (χ4n) is 3.93. The molecule has 0 radical (unpaired) electrons. The summed E-state index contributed by atoms with van der Waals surface area (Å²) in [5.74, 6) is 0.246. The van der Waals surface area contributed by atoms with Crippen LogP contribution in [0.15, 0.2) is 35.3 Å². The quantitative estimate of drug-likeness (QED) is 0.716. The van der Waals surface area contributed by atoms with Crippen LogP contribution in [-0.4, -0.2) is 32.8 Å². The van der Waals surface area contributed by atoms with Crippen LogP contribution in [0.4, 0.5) is 8.78 Å². The van der Waals surface area contributed by atoms with Crippen molar-refractivity contribution in [2.45, 2.75) is 19.3 Å². The fourth-order valence-corrected chi connectivity index (χ4v) is 3.93.